The fourth-order valence-electron chi connectivity index (χ4n) is 3.11. The zero-order valence-electron chi connectivity index (χ0n) is 22.2. The lowest BCUT2D eigenvalue weighted by atomic mass is 10.0. The van der Waals surface area contributed by atoms with Crippen molar-refractivity contribution in [3.05, 3.63) is 65.5 Å². The van der Waals surface area contributed by atoms with E-state index in [1.165, 1.54) is 24.3 Å². The number of carbonyl (C=O) groups excluding carboxylic acids is 2. The minimum absolute atomic E-state index is 0.00531. The molecule has 3 N–H and O–H groups in total. The Balaban J connectivity index is 2.11. The summed E-state index contributed by atoms with van der Waals surface area (Å²) in [6, 6.07) is 9.90. The molecule has 2 unspecified atom stereocenters. The summed E-state index contributed by atoms with van der Waals surface area (Å²) in [5.74, 6) is -4.28. The van der Waals surface area contributed by atoms with Gasteiger partial charge in [0, 0.05) is 39.6 Å². The quantitative estimate of drug-likeness (QED) is 0.325. The van der Waals surface area contributed by atoms with Gasteiger partial charge < -0.3 is 20.7 Å². The summed E-state index contributed by atoms with van der Waals surface area (Å²) in [5, 5.41) is 2.61. The van der Waals surface area contributed by atoms with Gasteiger partial charge in [0.2, 0.25) is 5.91 Å². The number of amides is 1. The minimum Gasteiger partial charge on any atom is -0.464 e. The topological polar surface area (TPSA) is 84.7 Å². The molecule has 2 aromatic rings. The van der Waals surface area contributed by atoms with Crippen LogP contribution in [0.1, 0.15) is 23.5 Å². The van der Waals surface area contributed by atoms with Crippen LogP contribution >= 0.6 is 23.2 Å². The van der Waals surface area contributed by atoms with Crippen LogP contribution in [0, 0.1) is 5.82 Å². The van der Waals surface area contributed by atoms with Crippen LogP contribution in [-0.4, -0.2) is 55.3 Å². The highest BCUT2D eigenvalue weighted by atomic mass is 35.5. The van der Waals surface area contributed by atoms with E-state index in [-0.39, 0.29) is 31.9 Å². The molecule has 2 rings (SSSR count). The molecule has 0 aliphatic heterocycles. The van der Waals surface area contributed by atoms with Crippen LogP contribution in [0.15, 0.2) is 48.5 Å². The number of esters is 1. The summed E-state index contributed by atoms with van der Waals surface area (Å²) in [6.07, 6.45) is 0.204. The molecule has 0 saturated carbocycles. The van der Waals surface area contributed by atoms with E-state index < -0.39 is 42.1 Å². The fourth-order valence-corrected chi connectivity index (χ4v) is 3.39. The highest BCUT2D eigenvalue weighted by Gasteiger charge is 2.25. The summed E-state index contributed by atoms with van der Waals surface area (Å²) in [5.41, 5.74) is 7.72. The third-order valence-electron chi connectivity index (χ3n) is 4.77. The number of carbonyl (C=O) groups is 2. The van der Waals surface area contributed by atoms with Crippen molar-refractivity contribution in [3.63, 3.8) is 0 Å². The van der Waals surface area contributed by atoms with Crippen LogP contribution in [0.2, 0.25) is 0 Å². The van der Waals surface area contributed by atoms with Gasteiger partial charge in [-0.15, -0.1) is 23.2 Å². The third kappa shape index (κ3) is 8.84. The molecule has 0 aromatic heterocycles. The molecular formula is C24H30Cl2FN3O3. The smallest absolute Gasteiger partial charge is 0.328 e. The molecule has 0 radical (unpaired) electrons. The Kier molecular flexibility index (Phi) is 9.01. The Morgan fingerprint density at radius 1 is 1.12 bits per heavy atom. The number of hydrogen-bond donors (Lipinski definition) is 2. The number of halogens is 3. The summed E-state index contributed by atoms with van der Waals surface area (Å²) >= 11 is 11.4. The van der Waals surface area contributed by atoms with Crippen molar-refractivity contribution < 1.29 is 24.2 Å². The highest BCUT2D eigenvalue weighted by molar-refractivity contribution is 6.18. The molecule has 0 bridgehead atoms. The predicted octanol–water partition coefficient (Wildman–Crippen LogP) is 3.27. The molecule has 180 valence electrons. The van der Waals surface area contributed by atoms with Crippen LogP contribution in [0.3, 0.4) is 0 Å². The van der Waals surface area contributed by atoms with E-state index in [0.29, 0.717) is 16.8 Å². The van der Waals surface area contributed by atoms with E-state index >= 15 is 0 Å². The first kappa shape index (κ1) is 21.2. The van der Waals surface area contributed by atoms with Crippen LogP contribution in [0.25, 0.3) is 0 Å². The molecule has 33 heavy (non-hydrogen) atoms. The first-order valence-electron chi connectivity index (χ1n) is 12.4. The van der Waals surface area contributed by atoms with Gasteiger partial charge in [-0.3, -0.25) is 4.79 Å². The number of anilines is 1. The lowest BCUT2D eigenvalue weighted by Gasteiger charge is -2.23. The van der Waals surface area contributed by atoms with Crippen molar-refractivity contribution in [1.29, 1.82) is 0 Å². The Bertz CT molecular complexity index is 1040. The second-order valence-corrected chi connectivity index (χ2v) is 7.73. The zero-order chi connectivity index (χ0) is 27.8. The van der Waals surface area contributed by atoms with Crippen LogP contribution in [0.5, 0.6) is 0 Å². The average molecular weight is 502 g/mol. The van der Waals surface area contributed by atoms with E-state index in [0.717, 1.165) is 4.90 Å². The SMILES string of the molecule is [2H]C([2H])(Cl)C([2H])([2H])N(CCCl)c1ccc(CC(N)C(=O)NC(Cc2ccc(F)cc2)C(=O)OCC)cc1. The molecule has 0 heterocycles. The van der Waals surface area contributed by atoms with E-state index in [9.17, 15) is 14.0 Å². The van der Waals surface area contributed by atoms with Crippen LogP contribution in [0.4, 0.5) is 10.1 Å². The Labute approximate surface area is 209 Å². The number of benzene rings is 2. The predicted molar refractivity (Wildman–Crippen MR) is 130 cm³/mol. The van der Waals surface area contributed by atoms with Crippen LogP contribution < -0.4 is 16.0 Å². The first-order chi connectivity index (χ1) is 17.3. The number of alkyl halides is 2. The summed E-state index contributed by atoms with van der Waals surface area (Å²) in [6.45, 7) is -0.777. The lowest BCUT2D eigenvalue weighted by Crippen LogP contribution is -2.50. The van der Waals surface area contributed by atoms with Crippen molar-refractivity contribution >= 4 is 40.8 Å². The Morgan fingerprint density at radius 2 is 1.73 bits per heavy atom. The van der Waals surface area contributed by atoms with Gasteiger partial charge in [-0.05, 0) is 48.7 Å². The van der Waals surface area contributed by atoms with Crippen LogP contribution in [-0.2, 0) is 27.2 Å². The van der Waals surface area contributed by atoms with Crippen molar-refractivity contribution in [2.24, 2.45) is 5.73 Å². The van der Waals surface area contributed by atoms with Crippen molar-refractivity contribution in [2.75, 3.05) is 36.3 Å². The van der Waals surface area contributed by atoms with E-state index in [1.807, 2.05) is 0 Å². The Hall–Kier alpha value is -2.35. The minimum atomic E-state index is -2.68. The second-order valence-electron chi connectivity index (χ2n) is 7.17. The molecule has 0 fully saturated rings. The number of nitrogens with one attached hydrogen (secondary N) is 1. The first-order valence-corrected chi connectivity index (χ1v) is 11.3. The molecule has 2 atom stereocenters. The molecule has 2 aromatic carbocycles. The molecule has 9 heteroatoms. The largest absolute Gasteiger partial charge is 0.464 e. The van der Waals surface area contributed by atoms with Crippen molar-refractivity contribution in [3.8, 4) is 0 Å². The third-order valence-corrected chi connectivity index (χ3v) is 5.02. The van der Waals surface area contributed by atoms with Gasteiger partial charge in [0.1, 0.15) is 11.9 Å². The number of ether oxygens (including phenoxy) is 1. The summed E-state index contributed by atoms with van der Waals surface area (Å²) in [7, 11) is 0. The summed E-state index contributed by atoms with van der Waals surface area (Å²) < 4.78 is 49.8. The number of hydrogen-bond acceptors (Lipinski definition) is 5. The Morgan fingerprint density at radius 3 is 2.30 bits per heavy atom. The van der Waals surface area contributed by atoms with Gasteiger partial charge in [0.25, 0.3) is 0 Å². The summed E-state index contributed by atoms with van der Waals surface area (Å²) in [4.78, 5) is 26.3. The lowest BCUT2D eigenvalue weighted by molar-refractivity contribution is -0.147. The number of nitrogens with zero attached hydrogens (tertiary/aromatic N) is 1. The molecular weight excluding hydrogens is 468 g/mol. The second kappa shape index (κ2) is 14.0. The van der Waals surface area contributed by atoms with E-state index in [2.05, 4.69) is 5.32 Å². The normalized spacial score (nSPS) is 15.3. The maximum atomic E-state index is 13.2. The van der Waals surface area contributed by atoms with Crippen molar-refractivity contribution in [2.45, 2.75) is 31.8 Å². The zero-order valence-corrected chi connectivity index (χ0v) is 19.7. The average Bonchev–Trinajstić information content (AvgIpc) is 2.83. The molecule has 0 aliphatic carbocycles. The standard InChI is InChI=1S/C24H30Cl2FN3O3/c1-2-33-24(32)22(16-18-3-7-19(27)8-4-18)29-23(31)21(28)15-17-5-9-20(10-6-17)30(13-11-25)14-12-26/h3-10,21-22H,2,11-16,28H2,1H3,(H,29,31)/i11D2,13D2. The number of rotatable bonds is 13. The fraction of sp³-hybridized carbons (Fsp3) is 0.417. The van der Waals surface area contributed by atoms with Gasteiger partial charge in [-0.2, -0.15) is 0 Å². The molecule has 0 aliphatic rings. The maximum Gasteiger partial charge on any atom is 0.328 e. The molecule has 0 spiro atoms. The van der Waals surface area contributed by atoms with Gasteiger partial charge in [-0.25, -0.2) is 9.18 Å². The van der Waals surface area contributed by atoms with Gasteiger partial charge >= 0.3 is 5.97 Å². The maximum absolute atomic E-state index is 13.2. The van der Waals surface area contributed by atoms with E-state index in [1.54, 1.807) is 31.2 Å². The molecule has 1 amide bonds. The van der Waals surface area contributed by atoms with Gasteiger partial charge in [0.05, 0.1) is 15.4 Å². The van der Waals surface area contributed by atoms with E-state index in [4.69, 9.17) is 39.2 Å². The molecule has 6 nitrogen and oxygen atoms in total. The monoisotopic (exact) mass is 501 g/mol. The molecule has 0 saturated heterocycles. The van der Waals surface area contributed by atoms with Crippen molar-refractivity contribution in [1.82, 2.24) is 5.32 Å². The van der Waals surface area contributed by atoms with Gasteiger partial charge in [0.15, 0.2) is 0 Å². The van der Waals surface area contributed by atoms with Gasteiger partial charge in [-0.1, -0.05) is 24.3 Å². The highest BCUT2D eigenvalue weighted by Crippen LogP contribution is 2.16. The number of nitrogens with two attached hydrogens (primary N) is 1.